The molecule has 8 nitrogen and oxygen atoms in total. The SMILES string of the molecule is CCNc1cc(Oc2c(Br)cccc2[N+](=O)[O-])nc(N)n1. The number of anilines is 2. The lowest BCUT2D eigenvalue weighted by molar-refractivity contribution is -0.385. The van der Waals surface area contributed by atoms with Crippen molar-refractivity contribution in [1.29, 1.82) is 0 Å². The number of nitro groups is 1. The van der Waals surface area contributed by atoms with Crippen LogP contribution < -0.4 is 15.8 Å². The maximum atomic E-state index is 11.0. The Morgan fingerprint density at radius 3 is 2.90 bits per heavy atom. The number of hydrogen-bond acceptors (Lipinski definition) is 7. The summed E-state index contributed by atoms with van der Waals surface area (Å²) in [6.07, 6.45) is 0. The van der Waals surface area contributed by atoms with Crippen molar-refractivity contribution in [2.45, 2.75) is 6.92 Å². The van der Waals surface area contributed by atoms with E-state index in [1.54, 1.807) is 12.1 Å². The zero-order chi connectivity index (χ0) is 15.4. The van der Waals surface area contributed by atoms with Gasteiger partial charge in [-0.3, -0.25) is 10.1 Å². The molecule has 2 rings (SSSR count). The Morgan fingerprint density at radius 1 is 1.48 bits per heavy atom. The van der Waals surface area contributed by atoms with Crippen LogP contribution >= 0.6 is 15.9 Å². The molecule has 3 N–H and O–H groups in total. The van der Waals surface area contributed by atoms with Gasteiger partial charge in [0.1, 0.15) is 5.82 Å². The Morgan fingerprint density at radius 2 is 2.24 bits per heavy atom. The minimum absolute atomic E-state index is 0.0122. The number of nitrogens with zero attached hydrogens (tertiary/aromatic N) is 3. The summed E-state index contributed by atoms with van der Waals surface area (Å²) in [5.41, 5.74) is 5.42. The zero-order valence-corrected chi connectivity index (χ0v) is 12.6. The quantitative estimate of drug-likeness (QED) is 0.626. The van der Waals surface area contributed by atoms with Crippen molar-refractivity contribution in [3.8, 4) is 11.6 Å². The van der Waals surface area contributed by atoms with Crippen LogP contribution in [0.5, 0.6) is 11.6 Å². The largest absolute Gasteiger partial charge is 0.430 e. The van der Waals surface area contributed by atoms with Gasteiger partial charge < -0.3 is 15.8 Å². The summed E-state index contributed by atoms with van der Waals surface area (Å²) in [5.74, 6) is 0.671. The predicted octanol–water partition coefficient (Wildman–Crippen LogP) is 2.95. The Balaban J connectivity index is 2.40. The molecule has 0 spiro atoms. The molecule has 1 aromatic carbocycles. The van der Waals surface area contributed by atoms with Gasteiger partial charge in [-0.25, -0.2) is 0 Å². The van der Waals surface area contributed by atoms with Crippen LogP contribution in [0.2, 0.25) is 0 Å². The van der Waals surface area contributed by atoms with Gasteiger partial charge in [-0.1, -0.05) is 6.07 Å². The zero-order valence-electron chi connectivity index (χ0n) is 11.0. The first-order valence-electron chi connectivity index (χ1n) is 6.00. The van der Waals surface area contributed by atoms with Crippen LogP contribution in [-0.4, -0.2) is 21.4 Å². The van der Waals surface area contributed by atoms with Crippen molar-refractivity contribution in [1.82, 2.24) is 9.97 Å². The fourth-order valence-corrected chi connectivity index (χ4v) is 2.05. The van der Waals surface area contributed by atoms with E-state index in [1.165, 1.54) is 12.1 Å². The standard InChI is InChI=1S/C12H12BrN5O3/c1-2-15-9-6-10(17-12(14)16-9)21-11-7(13)4-3-5-8(11)18(19)20/h3-6H,2H2,1H3,(H3,14,15,16,17). The Hall–Kier alpha value is -2.42. The van der Waals surface area contributed by atoms with Gasteiger partial charge in [-0.2, -0.15) is 9.97 Å². The van der Waals surface area contributed by atoms with E-state index in [0.717, 1.165) is 0 Å². The molecule has 0 fully saturated rings. The molecular formula is C12H12BrN5O3. The number of ether oxygens (including phenoxy) is 1. The first-order chi connectivity index (χ1) is 10.0. The fraction of sp³-hybridized carbons (Fsp3) is 0.167. The summed E-state index contributed by atoms with van der Waals surface area (Å²) in [5, 5.41) is 14.0. The molecule has 9 heteroatoms. The predicted molar refractivity (Wildman–Crippen MR) is 81.5 cm³/mol. The van der Waals surface area contributed by atoms with Crippen LogP contribution in [0.25, 0.3) is 0 Å². The van der Waals surface area contributed by atoms with Crippen molar-refractivity contribution in [3.05, 3.63) is 38.9 Å². The van der Waals surface area contributed by atoms with Gasteiger partial charge >= 0.3 is 5.69 Å². The molecule has 0 aliphatic carbocycles. The molecule has 110 valence electrons. The maximum absolute atomic E-state index is 11.0. The molecule has 0 amide bonds. The summed E-state index contributed by atoms with van der Waals surface area (Å²) in [4.78, 5) is 18.4. The summed E-state index contributed by atoms with van der Waals surface area (Å²) >= 11 is 3.22. The van der Waals surface area contributed by atoms with Crippen molar-refractivity contribution in [3.63, 3.8) is 0 Å². The topological polar surface area (TPSA) is 116 Å². The summed E-state index contributed by atoms with van der Waals surface area (Å²) < 4.78 is 5.95. The second kappa shape index (κ2) is 6.35. The maximum Gasteiger partial charge on any atom is 0.312 e. The van der Waals surface area contributed by atoms with Gasteiger partial charge in [0.15, 0.2) is 0 Å². The number of halogens is 1. The smallest absolute Gasteiger partial charge is 0.312 e. The van der Waals surface area contributed by atoms with E-state index in [-0.39, 0.29) is 23.3 Å². The van der Waals surface area contributed by atoms with E-state index in [1.807, 2.05) is 6.92 Å². The van der Waals surface area contributed by atoms with Crippen LogP contribution in [0.1, 0.15) is 6.92 Å². The van der Waals surface area contributed by atoms with Crippen molar-refractivity contribution < 1.29 is 9.66 Å². The Bertz CT molecular complexity index is 680. The second-order valence-corrected chi connectivity index (χ2v) is 4.78. The molecule has 0 saturated carbocycles. The number of aromatic nitrogens is 2. The number of rotatable bonds is 5. The first-order valence-corrected chi connectivity index (χ1v) is 6.79. The number of nitro benzene ring substituents is 1. The molecule has 0 aliphatic rings. The minimum Gasteiger partial charge on any atom is -0.430 e. The average Bonchev–Trinajstić information content (AvgIpc) is 2.40. The van der Waals surface area contributed by atoms with Crippen LogP contribution in [-0.2, 0) is 0 Å². The molecule has 0 aliphatic heterocycles. The van der Waals surface area contributed by atoms with Crippen molar-refractivity contribution >= 4 is 33.4 Å². The number of nitrogens with two attached hydrogens (primary N) is 1. The highest BCUT2D eigenvalue weighted by molar-refractivity contribution is 9.10. The van der Waals surface area contributed by atoms with E-state index in [2.05, 4.69) is 31.2 Å². The lowest BCUT2D eigenvalue weighted by Gasteiger charge is -2.09. The van der Waals surface area contributed by atoms with Gasteiger partial charge in [0, 0.05) is 18.7 Å². The van der Waals surface area contributed by atoms with Crippen molar-refractivity contribution in [2.24, 2.45) is 0 Å². The highest BCUT2D eigenvalue weighted by Crippen LogP contribution is 2.37. The van der Waals surface area contributed by atoms with Gasteiger partial charge in [0.2, 0.25) is 17.6 Å². The highest BCUT2D eigenvalue weighted by atomic mass is 79.9. The molecule has 0 saturated heterocycles. The first kappa shape index (κ1) is 15.0. The molecule has 2 aromatic rings. The third kappa shape index (κ3) is 3.57. The number of benzene rings is 1. The summed E-state index contributed by atoms with van der Waals surface area (Å²) in [7, 11) is 0. The van der Waals surface area contributed by atoms with E-state index in [0.29, 0.717) is 16.8 Å². The lowest BCUT2D eigenvalue weighted by atomic mass is 10.3. The monoisotopic (exact) mass is 353 g/mol. The van der Waals surface area contributed by atoms with Gasteiger partial charge in [0.05, 0.1) is 9.40 Å². The lowest BCUT2D eigenvalue weighted by Crippen LogP contribution is -2.04. The highest BCUT2D eigenvalue weighted by Gasteiger charge is 2.19. The molecule has 1 aromatic heterocycles. The number of nitrogen functional groups attached to an aromatic ring is 1. The van der Waals surface area contributed by atoms with Gasteiger partial charge in [-0.15, -0.1) is 0 Å². The fourth-order valence-electron chi connectivity index (χ4n) is 1.61. The minimum atomic E-state index is -0.532. The van der Waals surface area contributed by atoms with Crippen LogP contribution in [0, 0.1) is 10.1 Å². The van der Waals surface area contributed by atoms with Crippen LogP contribution in [0.3, 0.4) is 0 Å². The molecule has 1 heterocycles. The second-order valence-electron chi connectivity index (χ2n) is 3.93. The molecule has 0 atom stereocenters. The van der Waals surface area contributed by atoms with Crippen molar-refractivity contribution in [2.75, 3.05) is 17.6 Å². The molecule has 0 radical (unpaired) electrons. The van der Waals surface area contributed by atoms with E-state index in [4.69, 9.17) is 10.5 Å². The normalized spacial score (nSPS) is 10.2. The summed E-state index contributed by atoms with van der Waals surface area (Å²) in [6, 6.07) is 6.05. The molecule has 0 bridgehead atoms. The van der Waals surface area contributed by atoms with E-state index >= 15 is 0 Å². The van der Waals surface area contributed by atoms with Crippen LogP contribution in [0.15, 0.2) is 28.7 Å². The van der Waals surface area contributed by atoms with Gasteiger partial charge in [-0.05, 0) is 28.9 Å². The average molecular weight is 354 g/mol. The molecule has 0 unspecified atom stereocenters. The van der Waals surface area contributed by atoms with E-state index < -0.39 is 4.92 Å². The van der Waals surface area contributed by atoms with Gasteiger partial charge in [0.25, 0.3) is 0 Å². The van der Waals surface area contributed by atoms with Crippen LogP contribution in [0.4, 0.5) is 17.5 Å². The Kier molecular flexibility index (Phi) is 4.53. The number of nitrogens with one attached hydrogen (secondary N) is 1. The number of hydrogen-bond donors (Lipinski definition) is 2. The van der Waals surface area contributed by atoms with E-state index in [9.17, 15) is 10.1 Å². The third-order valence-corrected chi connectivity index (χ3v) is 3.05. The Labute approximate surface area is 128 Å². The molecular weight excluding hydrogens is 342 g/mol. The third-order valence-electron chi connectivity index (χ3n) is 2.43. The molecule has 21 heavy (non-hydrogen) atoms. The summed E-state index contributed by atoms with van der Waals surface area (Å²) in [6.45, 7) is 2.54. The number of para-hydroxylation sites is 1.